The lowest BCUT2D eigenvalue weighted by Gasteiger charge is -2.07. The quantitative estimate of drug-likeness (QED) is 0.903. The first-order chi connectivity index (χ1) is 8.58. The molecule has 18 heavy (non-hydrogen) atoms. The van der Waals surface area contributed by atoms with E-state index in [0.29, 0.717) is 10.7 Å². The Morgan fingerprint density at radius 2 is 2.17 bits per heavy atom. The average Bonchev–Trinajstić information content (AvgIpc) is 2.35. The largest absolute Gasteiger partial charge is 0.319 e. The first kappa shape index (κ1) is 12.5. The van der Waals surface area contributed by atoms with Gasteiger partial charge in [-0.2, -0.15) is 0 Å². The Bertz CT molecular complexity index is 601. The Kier molecular flexibility index (Phi) is 3.58. The van der Waals surface area contributed by atoms with Crippen LogP contribution in [0.3, 0.4) is 0 Å². The number of carbonyl (C=O) groups excluding carboxylic acids is 1. The minimum atomic E-state index is -0.571. The predicted octanol–water partition coefficient (Wildman–Crippen LogP) is 3.43. The number of aromatic nitrogens is 1. The second kappa shape index (κ2) is 5.14. The fraction of sp³-hybridized carbons (Fsp3) is 0.0769. The van der Waals surface area contributed by atoms with Crippen LogP contribution in [-0.4, -0.2) is 10.9 Å². The van der Waals surface area contributed by atoms with E-state index in [4.69, 9.17) is 11.6 Å². The van der Waals surface area contributed by atoms with Gasteiger partial charge in [0.05, 0.1) is 22.5 Å². The molecule has 0 radical (unpaired) electrons. The molecular weight excluding hydrogens is 255 g/mol. The molecular formula is C13H10ClFN2O. The molecule has 0 aliphatic carbocycles. The van der Waals surface area contributed by atoms with E-state index in [1.165, 1.54) is 24.5 Å². The van der Waals surface area contributed by atoms with Crippen molar-refractivity contribution in [3.05, 3.63) is 58.6 Å². The molecule has 1 aromatic heterocycles. The summed E-state index contributed by atoms with van der Waals surface area (Å²) < 4.78 is 13.5. The predicted molar refractivity (Wildman–Crippen MR) is 68.3 cm³/mol. The normalized spacial score (nSPS) is 10.2. The zero-order valence-corrected chi connectivity index (χ0v) is 10.3. The van der Waals surface area contributed by atoms with E-state index in [1.807, 2.05) is 0 Å². The molecule has 2 rings (SSSR count). The fourth-order valence-corrected chi connectivity index (χ4v) is 1.62. The number of rotatable bonds is 2. The first-order valence-electron chi connectivity index (χ1n) is 5.25. The van der Waals surface area contributed by atoms with E-state index in [9.17, 15) is 9.18 Å². The third-order valence-corrected chi connectivity index (χ3v) is 2.71. The monoisotopic (exact) mass is 264 g/mol. The molecule has 92 valence electrons. The lowest BCUT2D eigenvalue weighted by molar-refractivity contribution is 0.102. The van der Waals surface area contributed by atoms with E-state index in [2.05, 4.69) is 10.3 Å². The highest BCUT2D eigenvalue weighted by atomic mass is 35.5. The van der Waals surface area contributed by atoms with Crippen LogP contribution >= 0.6 is 11.6 Å². The lowest BCUT2D eigenvalue weighted by Crippen LogP contribution is -2.14. The van der Waals surface area contributed by atoms with E-state index in [-0.39, 0.29) is 5.56 Å². The maximum absolute atomic E-state index is 13.5. The minimum Gasteiger partial charge on any atom is -0.319 e. The Labute approximate surface area is 109 Å². The molecule has 0 aliphatic heterocycles. The number of amides is 1. The number of benzene rings is 1. The van der Waals surface area contributed by atoms with Crippen LogP contribution < -0.4 is 5.32 Å². The summed E-state index contributed by atoms with van der Waals surface area (Å²) in [6, 6.07) is 5.89. The van der Waals surface area contributed by atoms with Gasteiger partial charge in [0.15, 0.2) is 0 Å². The van der Waals surface area contributed by atoms with Gasteiger partial charge in [0.2, 0.25) is 0 Å². The Morgan fingerprint density at radius 3 is 2.89 bits per heavy atom. The molecule has 0 fully saturated rings. The summed E-state index contributed by atoms with van der Waals surface area (Å²) in [5.74, 6) is -1.12. The van der Waals surface area contributed by atoms with Crippen LogP contribution in [0.2, 0.25) is 5.02 Å². The fourth-order valence-electron chi connectivity index (χ4n) is 1.47. The number of carbonyl (C=O) groups is 1. The summed E-state index contributed by atoms with van der Waals surface area (Å²) in [6.07, 6.45) is 2.92. The van der Waals surface area contributed by atoms with Crippen molar-refractivity contribution in [2.24, 2.45) is 0 Å². The highest BCUT2D eigenvalue weighted by Crippen LogP contribution is 2.20. The zero-order chi connectivity index (χ0) is 13.1. The first-order valence-corrected chi connectivity index (χ1v) is 5.63. The smallest absolute Gasteiger partial charge is 0.258 e. The summed E-state index contributed by atoms with van der Waals surface area (Å²) >= 11 is 5.88. The summed E-state index contributed by atoms with van der Waals surface area (Å²) in [6.45, 7) is 1.78. The molecule has 1 heterocycles. The van der Waals surface area contributed by atoms with E-state index >= 15 is 0 Å². The average molecular weight is 265 g/mol. The molecule has 5 heteroatoms. The van der Waals surface area contributed by atoms with Gasteiger partial charge in [0, 0.05) is 6.20 Å². The van der Waals surface area contributed by atoms with Gasteiger partial charge in [-0.25, -0.2) is 4.39 Å². The molecule has 1 amide bonds. The number of hydrogen-bond donors (Lipinski definition) is 1. The molecule has 0 atom stereocenters. The molecule has 0 spiro atoms. The number of nitrogens with zero attached hydrogens (tertiary/aromatic N) is 1. The van der Waals surface area contributed by atoms with Gasteiger partial charge >= 0.3 is 0 Å². The maximum atomic E-state index is 13.5. The van der Waals surface area contributed by atoms with Gasteiger partial charge in [0.1, 0.15) is 5.82 Å². The van der Waals surface area contributed by atoms with E-state index in [1.54, 1.807) is 19.1 Å². The summed E-state index contributed by atoms with van der Waals surface area (Å²) in [5.41, 5.74) is 1.14. The summed E-state index contributed by atoms with van der Waals surface area (Å²) in [4.78, 5) is 15.7. The highest BCUT2D eigenvalue weighted by molar-refractivity contribution is 6.33. The summed E-state index contributed by atoms with van der Waals surface area (Å²) in [5, 5.41) is 2.87. The van der Waals surface area contributed by atoms with Crippen molar-refractivity contribution >= 4 is 23.2 Å². The van der Waals surface area contributed by atoms with Crippen molar-refractivity contribution in [1.82, 2.24) is 4.98 Å². The third-order valence-electron chi connectivity index (χ3n) is 2.38. The number of anilines is 1. The van der Waals surface area contributed by atoms with Crippen LogP contribution in [0.15, 0.2) is 36.7 Å². The van der Waals surface area contributed by atoms with Gasteiger partial charge in [-0.05, 0) is 25.1 Å². The van der Waals surface area contributed by atoms with Crippen molar-refractivity contribution in [1.29, 1.82) is 0 Å². The number of hydrogen-bond acceptors (Lipinski definition) is 2. The van der Waals surface area contributed by atoms with Gasteiger partial charge in [-0.3, -0.25) is 9.78 Å². The van der Waals surface area contributed by atoms with Gasteiger partial charge in [-0.15, -0.1) is 0 Å². The van der Waals surface area contributed by atoms with E-state index < -0.39 is 11.7 Å². The van der Waals surface area contributed by atoms with Crippen LogP contribution in [-0.2, 0) is 0 Å². The van der Waals surface area contributed by atoms with Crippen LogP contribution in [0.25, 0.3) is 0 Å². The van der Waals surface area contributed by atoms with Crippen LogP contribution in [0.4, 0.5) is 10.1 Å². The third kappa shape index (κ3) is 2.65. The number of halogens is 2. The standard InChI is InChI=1S/C13H10ClFN2O/c1-8-2-3-11(15)9(6-8)13(18)17-12-7-16-5-4-10(12)14/h2-7H,1H3,(H,17,18). The van der Waals surface area contributed by atoms with Crippen LogP contribution in [0.5, 0.6) is 0 Å². The topological polar surface area (TPSA) is 42.0 Å². The van der Waals surface area contributed by atoms with Crippen molar-refractivity contribution in [2.45, 2.75) is 6.92 Å². The highest BCUT2D eigenvalue weighted by Gasteiger charge is 2.13. The lowest BCUT2D eigenvalue weighted by atomic mass is 10.1. The van der Waals surface area contributed by atoms with Crippen LogP contribution in [0, 0.1) is 12.7 Å². The molecule has 0 unspecified atom stereocenters. The van der Waals surface area contributed by atoms with Gasteiger partial charge < -0.3 is 5.32 Å². The van der Waals surface area contributed by atoms with Gasteiger partial charge in [0.25, 0.3) is 5.91 Å². The second-order valence-corrected chi connectivity index (χ2v) is 4.20. The van der Waals surface area contributed by atoms with Crippen LogP contribution in [0.1, 0.15) is 15.9 Å². The van der Waals surface area contributed by atoms with Crippen molar-refractivity contribution < 1.29 is 9.18 Å². The molecule has 0 saturated carbocycles. The van der Waals surface area contributed by atoms with Crippen molar-refractivity contribution in [3.8, 4) is 0 Å². The molecule has 0 aliphatic rings. The van der Waals surface area contributed by atoms with Crippen molar-refractivity contribution in [2.75, 3.05) is 5.32 Å². The number of nitrogens with one attached hydrogen (secondary N) is 1. The Balaban J connectivity index is 2.28. The molecule has 1 N–H and O–H groups in total. The molecule has 1 aromatic carbocycles. The Morgan fingerprint density at radius 1 is 1.39 bits per heavy atom. The second-order valence-electron chi connectivity index (χ2n) is 3.79. The SMILES string of the molecule is Cc1ccc(F)c(C(=O)Nc2cnccc2Cl)c1. The number of pyridine rings is 1. The molecule has 0 saturated heterocycles. The van der Waals surface area contributed by atoms with Gasteiger partial charge in [-0.1, -0.05) is 23.2 Å². The molecule has 3 nitrogen and oxygen atoms in total. The Hall–Kier alpha value is -1.94. The molecule has 0 bridgehead atoms. The maximum Gasteiger partial charge on any atom is 0.258 e. The minimum absolute atomic E-state index is 0.0186. The molecule has 2 aromatic rings. The summed E-state index contributed by atoms with van der Waals surface area (Å²) in [7, 11) is 0. The zero-order valence-electron chi connectivity index (χ0n) is 9.58. The van der Waals surface area contributed by atoms with Crippen molar-refractivity contribution in [3.63, 3.8) is 0 Å². The number of aryl methyl sites for hydroxylation is 1. The van der Waals surface area contributed by atoms with E-state index in [0.717, 1.165) is 5.56 Å².